The van der Waals surface area contributed by atoms with Gasteiger partial charge in [-0.25, -0.2) is 0 Å². The van der Waals surface area contributed by atoms with Crippen LogP contribution in [0.1, 0.15) is 33.5 Å². The third-order valence-electron chi connectivity index (χ3n) is 2.63. The highest BCUT2D eigenvalue weighted by molar-refractivity contribution is 7.09. The Bertz CT molecular complexity index is 395. The van der Waals surface area contributed by atoms with Gasteiger partial charge in [-0.2, -0.15) is 22.5 Å². The maximum Gasteiger partial charge on any atom is 0.452 e. The number of alkyl halides is 3. The lowest BCUT2D eigenvalue weighted by Gasteiger charge is -2.37. The maximum absolute atomic E-state index is 12.3. The summed E-state index contributed by atoms with van der Waals surface area (Å²) >= 11 is 0.616. The average molecular weight is 269 g/mol. The third kappa shape index (κ3) is 3.29. The number of nitrogens with zero attached hydrogens (tertiary/aromatic N) is 2. The molecule has 0 saturated heterocycles. The minimum atomic E-state index is -4.55. The Morgan fingerprint density at radius 2 is 1.71 bits per heavy atom. The van der Waals surface area contributed by atoms with Gasteiger partial charge in [-0.05, 0) is 27.7 Å². The van der Waals surface area contributed by atoms with Gasteiger partial charge in [-0.1, -0.05) is 0 Å². The van der Waals surface area contributed by atoms with Crippen LogP contribution in [0.4, 0.5) is 18.3 Å². The van der Waals surface area contributed by atoms with E-state index in [1.807, 2.05) is 0 Å². The molecule has 0 bridgehead atoms. The molecule has 17 heavy (non-hydrogen) atoms. The highest BCUT2D eigenvalue weighted by atomic mass is 32.1. The molecule has 0 unspecified atom stereocenters. The molecule has 0 saturated carbocycles. The molecule has 0 spiro atoms. The minimum Gasteiger partial charge on any atom is -0.388 e. The summed E-state index contributed by atoms with van der Waals surface area (Å²) in [6.45, 7) is 6.46. The fraction of sp³-hybridized carbons (Fsp3) is 0.778. The summed E-state index contributed by atoms with van der Waals surface area (Å²) in [6.07, 6.45) is -4.55. The first-order valence-electron chi connectivity index (χ1n) is 4.85. The first-order chi connectivity index (χ1) is 7.43. The van der Waals surface area contributed by atoms with Crippen molar-refractivity contribution in [2.45, 2.75) is 45.0 Å². The van der Waals surface area contributed by atoms with Gasteiger partial charge >= 0.3 is 6.18 Å². The van der Waals surface area contributed by atoms with Crippen molar-refractivity contribution in [1.29, 1.82) is 0 Å². The Morgan fingerprint density at radius 3 is 2.06 bits per heavy atom. The van der Waals surface area contributed by atoms with E-state index < -0.39 is 23.1 Å². The van der Waals surface area contributed by atoms with Crippen LogP contribution in [0.25, 0.3) is 0 Å². The van der Waals surface area contributed by atoms with Gasteiger partial charge in [0.25, 0.3) is 0 Å². The van der Waals surface area contributed by atoms with Crippen LogP contribution in [-0.2, 0) is 6.18 Å². The topological polar surface area (TPSA) is 58.0 Å². The molecular weight excluding hydrogens is 255 g/mol. The minimum absolute atomic E-state index is 0.0319. The molecule has 2 N–H and O–H groups in total. The zero-order valence-corrected chi connectivity index (χ0v) is 10.7. The quantitative estimate of drug-likeness (QED) is 0.885. The third-order valence-corrected chi connectivity index (χ3v) is 3.26. The van der Waals surface area contributed by atoms with Crippen LogP contribution in [0.3, 0.4) is 0 Å². The molecule has 0 atom stereocenters. The number of anilines is 1. The summed E-state index contributed by atoms with van der Waals surface area (Å²) in [5.41, 5.74) is -1.94. The van der Waals surface area contributed by atoms with E-state index in [-0.39, 0.29) is 5.13 Å². The van der Waals surface area contributed by atoms with Crippen molar-refractivity contribution < 1.29 is 18.3 Å². The van der Waals surface area contributed by atoms with Gasteiger partial charge in [0.2, 0.25) is 11.0 Å². The monoisotopic (exact) mass is 269 g/mol. The largest absolute Gasteiger partial charge is 0.452 e. The molecule has 0 aromatic carbocycles. The number of hydrogen-bond acceptors (Lipinski definition) is 5. The molecular formula is C9H14F3N3OS. The summed E-state index contributed by atoms with van der Waals surface area (Å²) in [5.74, 6) is -1.17. The van der Waals surface area contributed by atoms with Crippen molar-refractivity contribution in [3.05, 3.63) is 5.82 Å². The van der Waals surface area contributed by atoms with E-state index in [4.69, 9.17) is 0 Å². The summed E-state index contributed by atoms with van der Waals surface area (Å²) < 4.78 is 40.0. The van der Waals surface area contributed by atoms with E-state index in [1.54, 1.807) is 27.7 Å². The first kappa shape index (κ1) is 14.2. The molecule has 4 nitrogen and oxygen atoms in total. The molecule has 98 valence electrons. The SMILES string of the molecule is CC(C)(O)C(C)(C)Nc1nc(C(F)(F)F)ns1. The van der Waals surface area contributed by atoms with Crippen molar-refractivity contribution in [1.82, 2.24) is 9.36 Å². The Balaban J connectivity index is 2.87. The van der Waals surface area contributed by atoms with Crippen LogP contribution in [0.2, 0.25) is 0 Å². The number of nitrogens with one attached hydrogen (secondary N) is 1. The van der Waals surface area contributed by atoms with E-state index >= 15 is 0 Å². The lowest BCUT2D eigenvalue weighted by molar-refractivity contribution is -0.144. The van der Waals surface area contributed by atoms with Crippen LogP contribution < -0.4 is 5.32 Å². The molecule has 0 aliphatic heterocycles. The van der Waals surface area contributed by atoms with Crippen LogP contribution >= 0.6 is 11.5 Å². The van der Waals surface area contributed by atoms with Crippen LogP contribution in [0.15, 0.2) is 0 Å². The van der Waals surface area contributed by atoms with E-state index in [9.17, 15) is 18.3 Å². The highest BCUT2D eigenvalue weighted by Gasteiger charge is 2.39. The molecule has 8 heteroatoms. The Kier molecular flexibility index (Phi) is 3.41. The highest BCUT2D eigenvalue weighted by Crippen LogP contribution is 2.31. The van der Waals surface area contributed by atoms with Gasteiger partial charge in [0.15, 0.2) is 0 Å². The second-order valence-corrected chi connectivity index (χ2v) is 5.48. The molecule has 0 radical (unpaired) electrons. The molecule has 0 aliphatic rings. The summed E-state index contributed by atoms with van der Waals surface area (Å²) in [4.78, 5) is 3.34. The molecule has 0 aliphatic carbocycles. The van der Waals surface area contributed by atoms with Crippen molar-refractivity contribution in [3.63, 3.8) is 0 Å². The van der Waals surface area contributed by atoms with Crippen molar-refractivity contribution in [3.8, 4) is 0 Å². The summed E-state index contributed by atoms with van der Waals surface area (Å²) in [7, 11) is 0. The van der Waals surface area contributed by atoms with Crippen LogP contribution in [-0.4, -0.2) is 25.6 Å². The smallest absolute Gasteiger partial charge is 0.388 e. The van der Waals surface area contributed by atoms with Gasteiger partial charge in [-0.3, -0.25) is 0 Å². The predicted octanol–water partition coefficient (Wildman–Crippen LogP) is 2.52. The second-order valence-electron chi connectivity index (χ2n) is 4.73. The zero-order chi connectivity index (χ0) is 13.5. The van der Waals surface area contributed by atoms with Crippen molar-refractivity contribution >= 4 is 16.7 Å². The number of aliphatic hydroxyl groups is 1. The number of rotatable bonds is 3. The number of hydrogen-bond donors (Lipinski definition) is 2. The Labute approximate surface area is 101 Å². The average Bonchev–Trinajstić information content (AvgIpc) is 2.48. The molecule has 0 amide bonds. The second kappa shape index (κ2) is 4.09. The van der Waals surface area contributed by atoms with Gasteiger partial charge in [-0.15, -0.1) is 0 Å². The fourth-order valence-corrected chi connectivity index (χ4v) is 1.56. The lowest BCUT2D eigenvalue weighted by Crippen LogP contribution is -2.51. The molecule has 1 aromatic rings. The lowest BCUT2D eigenvalue weighted by atomic mass is 9.86. The Morgan fingerprint density at radius 1 is 1.18 bits per heavy atom. The van der Waals surface area contributed by atoms with Crippen LogP contribution in [0.5, 0.6) is 0 Å². The van der Waals surface area contributed by atoms with Crippen molar-refractivity contribution in [2.24, 2.45) is 0 Å². The summed E-state index contributed by atoms with van der Waals surface area (Å²) in [5, 5.41) is 12.6. The summed E-state index contributed by atoms with van der Waals surface area (Å²) in [6, 6.07) is 0. The van der Waals surface area contributed by atoms with Crippen LogP contribution in [0, 0.1) is 0 Å². The van der Waals surface area contributed by atoms with E-state index in [1.165, 1.54) is 0 Å². The number of halogens is 3. The Hall–Kier alpha value is -0.890. The first-order valence-corrected chi connectivity index (χ1v) is 5.62. The zero-order valence-electron chi connectivity index (χ0n) is 9.88. The normalized spacial score (nSPS) is 13.9. The van der Waals surface area contributed by atoms with E-state index in [0.29, 0.717) is 11.5 Å². The fourth-order valence-electron chi connectivity index (χ4n) is 0.810. The van der Waals surface area contributed by atoms with Gasteiger partial charge in [0.05, 0.1) is 11.1 Å². The number of aromatic nitrogens is 2. The van der Waals surface area contributed by atoms with E-state index in [0.717, 1.165) is 0 Å². The standard InChI is InChI=1S/C9H14F3N3OS/c1-7(2,8(3,4)16)14-6-13-5(15-17-6)9(10,11)12/h16H,1-4H3,(H,13,14,15). The maximum atomic E-state index is 12.3. The predicted molar refractivity (Wildman–Crippen MR) is 58.9 cm³/mol. The van der Waals surface area contributed by atoms with Gasteiger partial charge < -0.3 is 10.4 Å². The van der Waals surface area contributed by atoms with Crippen molar-refractivity contribution in [2.75, 3.05) is 5.32 Å². The molecule has 1 rings (SSSR count). The van der Waals surface area contributed by atoms with Gasteiger partial charge in [0.1, 0.15) is 0 Å². The molecule has 1 aromatic heterocycles. The van der Waals surface area contributed by atoms with Gasteiger partial charge in [0, 0.05) is 11.5 Å². The van der Waals surface area contributed by atoms with E-state index in [2.05, 4.69) is 14.7 Å². The molecule has 1 heterocycles. The molecule has 0 fully saturated rings.